The van der Waals surface area contributed by atoms with E-state index in [1.807, 2.05) is 18.2 Å². The first-order valence-corrected chi connectivity index (χ1v) is 10.3. The summed E-state index contributed by atoms with van der Waals surface area (Å²) in [6, 6.07) is 7.79. The number of carbonyl (C=O) groups excluding carboxylic acids is 1. The highest BCUT2D eigenvalue weighted by molar-refractivity contribution is 14.0. The highest BCUT2D eigenvalue weighted by Crippen LogP contribution is 2.28. The maximum atomic E-state index is 11.8. The van der Waals surface area contributed by atoms with Crippen LogP contribution in [0.3, 0.4) is 0 Å². The Morgan fingerprint density at radius 2 is 1.96 bits per heavy atom. The van der Waals surface area contributed by atoms with Crippen LogP contribution in [0.2, 0.25) is 0 Å². The molecule has 0 radical (unpaired) electrons. The van der Waals surface area contributed by atoms with E-state index in [2.05, 4.69) is 42.5 Å². The van der Waals surface area contributed by atoms with Crippen molar-refractivity contribution in [3.63, 3.8) is 0 Å². The van der Waals surface area contributed by atoms with E-state index in [4.69, 9.17) is 4.99 Å². The summed E-state index contributed by atoms with van der Waals surface area (Å²) in [7, 11) is 3.80. The summed E-state index contributed by atoms with van der Waals surface area (Å²) in [6.45, 7) is 7.14. The molecule has 0 unspecified atom stereocenters. The number of rotatable bonds is 7. The van der Waals surface area contributed by atoms with Gasteiger partial charge in [-0.1, -0.05) is 31.9 Å². The number of halogens is 1. The van der Waals surface area contributed by atoms with Gasteiger partial charge < -0.3 is 15.5 Å². The van der Waals surface area contributed by atoms with E-state index in [1.165, 1.54) is 25.7 Å². The molecule has 1 aliphatic rings. The molecule has 1 aromatic rings. The van der Waals surface area contributed by atoms with Crippen LogP contribution in [-0.2, 0) is 6.42 Å². The molecule has 1 aliphatic carbocycles. The second-order valence-electron chi connectivity index (χ2n) is 7.77. The van der Waals surface area contributed by atoms with Gasteiger partial charge in [0.05, 0.1) is 0 Å². The van der Waals surface area contributed by atoms with Crippen LogP contribution in [0.1, 0.15) is 55.5 Å². The van der Waals surface area contributed by atoms with Crippen LogP contribution in [0.4, 0.5) is 0 Å². The van der Waals surface area contributed by atoms with E-state index in [9.17, 15) is 4.79 Å². The second kappa shape index (κ2) is 13.0. The van der Waals surface area contributed by atoms with E-state index < -0.39 is 0 Å². The Labute approximate surface area is 187 Å². The number of hydrogen-bond donors (Lipinski definition) is 2. The summed E-state index contributed by atoms with van der Waals surface area (Å²) in [6.07, 6.45) is 6.20. The van der Waals surface area contributed by atoms with Crippen molar-refractivity contribution in [3.8, 4) is 0 Å². The smallest absolute Gasteiger partial charge is 0.251 e. The Bertz CT molecular complexity index is 627. The summed E-state index contributed by atoms with van der Waals surface area (Å²) in [4.78, 5) is 18.9. The average Bonchev–Trinajstić information content (AvgIpc) is 2.68. The molecule has 1 amide bonds. The van der Waals surface area contributed by atoms with Crippen LogP contribution in [0.5, 0.6) is 0 Å². The third-order valence-corrected chi connectivity index (χ3v) is 5.44. The first-order chi connectivity index (χ1) is 13.0. The van der Waals surface area contributed by atoms with Crippen molar-refractivity contribution in [1.82, 2.24) is 15.5 Å². The predicted octanol–water partition coefficient (Wildman–Crippen LogP) is 3.93. The van der Waals surface area contributed by atoms with Crippen molar-refractivity contribution in [2.75, 3.05) is 33.7 Å². The van der Waals surface area contributed by atoms with Gasteiger partial charge in [0.15, 0.2) is 5.96 Å². The van der Waals surface area contributed by atoms with Gasteiger partial charge in [0.2, 0.25) is 0 Å². The number of nitrogens with one attached hydrogen (secondary N) is 2. The zero-order valence-corrected chi connectivity index (χ0v) is 20.2. The lowest BCUT2D eigenvalue weighted by molar-refractivity contribution is 0.0963. The molecular weight excluding hydrogens is 463 g/mol. The summed E-state index contributed by atoms with van der Waals surface area (Å²) in [5.41, 5.74) is 1.84. The van der Waals surface area contributed by atoms with E-state index in [0.717, 1.165) is 42.9 Å². The summed E-state index contributed by atoms with van der Waals surface area (Å²) < 4.78 is 0. The van der Waals surface area contributed by atoms with Crippen molar-refractivity contribution in [2.24, 2.45) is 16.8 Å². The third-order valence-electron chi connectivity index (χ3n) is 5.44. The Balaban J connectivity index is 0.00000392. The number of benzene rings is 1. The molecule has 158 valence electrons. The van der Waals surface area contributed by atoms with Crippen molar-refractivity contribution < 1.29 is 4.79 Å². The normalized spacial score (nSPS) is 19.5. The molecule has 0 heterocycles. The molecule has 0 atom stereocenters. The molecule has 28 heavy (non-hydrogen) atoms. The molecule has 6 heteroatoms. The third kappa shape index (κ3) is 7.97. The lowest BCUT2D eigenvalue weighted by atomic mass is 9.83. The van der Waals surface area contributed by atoms with Crippen LogP contribution >= 0.6 is 24.0 Å². The standard InChI is InChI=1S/C22H36N4O.HI/c1-5-24-22(26(4)16-19-11-9-17(2)10-12-19)25-14-13-18-7-6-8-20(15-18)21(27)23-3;/h6-8,15,17,19H,5,9-14,16H2,1-4H3,(H,23,27)(H,24,25);1H. The Hall–Kier alpha value is -1.31. The SMILES string of the molecule is CCNC(=NCCc1cccc(C(=O)NC)c1)N(C)CC1CCC(C)CC1.I. The lowest BCUT2D eigenvalue weighted by Crippen LogP contribution is -2.42. The van der Waals surface area contributed by atoms with Crippen LogP contribution in [0, 0.1) is 11.8 Å². The average molecular weight is 500 g/mol. The van der Waals surface area contributed by atoms with Gasteiger partial charge >= 0.3 is 0 Å². The molecular formula is C22H37IN4O. The van der Waals surface area contributed by atoms with Crippen molar-refractivity contribution >= 4 is 35.8 Å². The fourth-order valence-corrected chi connectivity index (χ4v) is 3.76. The lowest BCUT2D eigenvalue weighted by Gasteiger charge is -2.31. The second-order valence-corrected chi connectivity index (χ2v) is 7.77. The highest BCUT2D eigenvalue weighted by atomic mass is 127. The van der Waals surface area contributed by atoms with Crippen LogP contribution < -0.4 is 10.6 Å². The molecule has 1 fully saturated rings. The molecule has 0 saturated heterocycles. The van der Waals surface area contributed by atoms with Crippen molar-refractivity contribution in [1.29, 1.82) is 0 Å². The first kappa shape index (κ1) is 24.7. The number of nitrogens with zero attached hydrogens (tertiary/aromatic N) is 2. The Kier molecular flexibility index (Phi) is 11.5. The fourth-order valence-electron chi connectivity index (χ4n) is 3.76. The molecule has 1 aromatic carbocycles. The molecule has 5 nitrogen and oxygen atoms in total. The van der Waals surface area contributed by atoms with Gasteiger partial charge in [0, 0.05) is 39.3 Å². The summed E-state index contributed by atoms with van der Waals surface area (Å²) in [5.74, 6) is 2.60. The Morgan fingerprint density at radius 1 is 1.25 bits per heavy atom. The van der Waals surface area contributed by atoms with E-state index in [-0.39, 0.29) is 29.9 Å². The molecule has 1 saturated carbocycles. The zero-order valence-electron chi connectivity index (χ0n) is 17.8. The van der Waals surface area contributed by atoms with Gasteiger partial charge in [-0.3, -0.25) is 9.79 Å². The zero-order chi connectivity index (χ0) is 19.6. The summed E-state index contributed by atoms with van der Waals surface area (Å²) >= 11 is 0. The van der Waals surface area contributed by atoms with E-state index in [0.29, 0.717) is 12.1 Å². The van der Waals surface area contributed by atoms with Crippen molar-refractivity contribution in [3.05, 3.63) is 35.4 Å². The summed E-state index contributed by atoms with van der Waals surface area (Å²) in [5, 5.41) is 6.09. The van der Waals surface area contributed by atoms with E-state index >= 15 is 0 Å². The van der Waals surface area contributed by atoms with Gasteiger partial charge in [0.1, 0.15) is 0 Å². The predicted molar refractivity (Wildman–Crippen MR) is 129 cm³/mol. The fraction of sp³-hybridized carbons (Fsp3) is 0.636. The first-order valence-electron chi connectivity index (χ1n) is 10.3. The minimum Gasteiger partial charge on any atom is -0.357 e. The monoisotopic (exact) mass is 500 g/mol. The van der Waals surface area contributed by atoms with Gasteiger partial charge in [-0.25, -0.2) is 0 Å². The van der Waals surface area contributed by atoms with Gasteiger partial charge in [-0.15, -0.1) is 24.0 Å². The van der Waals surface area contributed by atoms with Crippen LogP contribution in [0.25, 0.3) is 0 Å². The largest absolute Gasteiger partial charge is 0.357 e. The number of guanidine groups is 1. The maximum Gasteiger partial charge on any atom is 0.251 e. The number of aliphatic imine (C=N–C) groups is 1. The van der Waals surface area contributed by atoms with Crippen molar-refractivity contribution in [2.45, 2.75) is 46.0 Å². The topological polar surface area (TPSA) is 56.7 Å². The van der Waals surface area contributed by atoms with E-state index in [1.54, 1.807) is 7.05 Å². The number of hydrogen-bond acceptors (Lipinski definition) is 2. The minimum absolute atomic E-state index is 0. The Morgan fingerprint density at radius 3 is 2.61 bits per heavy atom. The van der Waals surface area contributed by atoms with Crippen LogP contribution in [-0.4, -0.2) is 50.5 Å². The number of carbonyl (C=O) groups is 1. The van der Waals surface area contributed by atoms with Crippen LogP contribution in [0.15, 0.2) is 29.3 Å². The number of amides is 1. The molecule has 0 aromatic heterocycles. The molecule has 2 rings (SSSR count). The maximum absolute atomic E-state index is 11.8. The molecule has 2 N–H and O–H groups in total. The molecule has 0 spiro atoms. The molecule has 0 bridgehead atoms. The molecule has 0 aliphatic heterocycles. The minimum atomic E-state index is -0.0461. The van der Waals surface area contributed by atoms with Gasteiger partial charge in [0.25, 0.3) is 5.91 Å². The van der Waals surface area contributed by atoms with Gasteiger partial charge in [-0.2, -0.15) is 0 Å². The highest BCUT2D eigenvalue weighted by Gasteiger charge is 2.20. The quantitative estimate of drug-likeness (QED) is 0.339. The van der Waals surface area contributed by atoms with Gasteiger partial charge in [-0.05, 0) is 55.7 Å².